The Balaban J connectivity index is 2.15. The van der Waals surface area contributed by atoms with Gasteiger partial charge in [-0.1, -0.05) is 41.9 Å². The van der Waals surface area contributed by atoms with Crippen LogP contribution in [0.4, 0.5) is 5.69 Å². The van der Waals surface area contributed by atoms with E-state index in [9.17, 15) is 9.59 Å². The number of rotatable bonds is 3. The van der Waals surface area contributed by atoms with Crippen molar-refractivity contribution >= 4 is 29.0 Å². The zero-order valence-corrected chi connectivity index (χ0v) is 11.1. The van der Waals surface area contributed by atoms with Crippen molar-refractivity contribution in [3.05, 3.63) is 64.7 Å². The highest BCUT2D eigenvalue weighted by molar-refractivity contribution is 6.46. The average Bonchev–Trinajstić information content (AvgIpc) is 2.42. The van der Waals surface area contributed by atoms with Crippen LogP contribution in [-0.2, 0) is 4.79 Å². The van der Waals surface area contributed by atoms with E-state index in [-0.39, 0.29) is 0 Å². The highest BCUT2D eigenvalue weighted by Crippen LogP contribution is 2.19. The minimum Gasteiger partial charge on any atom is -0.319 e. The van der Waals surface area contributed by atoms with Crippen LogP contribution in [0.2, 0.25) is 5.02 Å². The lowest BCUT2D eigenvalue weighted by atomic mass is 10.1. The summed E-state index contributed by atoms with van der Waals surface area (Å²) in [6.07, 6.45) is 0. The van der Waals surface area contributed by atoms with Crippen LogP contribution >= 0.6 is 11.6 Å². The third-order valence-electron chi connectivity index (χ3n) is 2.68. The van der Waals surface area contributed by atoms with E-state index in [1.807, 2.05) is 6.92 Å². The third-order valence-corrected chi connectivity index (χ3v) is 2.91. The molecule has 0 unspecified atom stereocenters. The molecular weight excluding hydrogens is 262 g/mol. The van der Waals surface area contributed by atoms with Crippen molar-refractivity contribution in [1.29, 1.82) is 0 Å². The number of carbonyl (C=O) groups excluding carboxylic acids is 2. The van der Waals surface area contributed by atoms with E-state index in [1.54, 1.807) is 48.5 Å². The van der Waals surface area contributed by atoms with Crippen LogP contribution < -0.4 is 5.32 Å². The normalized spacial score (nSPS) is 10.0. The van der Waals surface area contributed by atoms with Crippen molar-refractivity contribution in [2.24, 2.45) is 0 Å². The first kappa shape index (κ1) is 13.3. The molecule has 1 amide bonds. The molecule has 1 N–H and O–H groups in total. The number of carbonyl (C=O) groups is 2. The minimum absolute atomic E-state index is 0.367. The van der Waals surface area contributed by atoms with Gasteiger partial charge < -0.3 is 5.32 Å². The van der Waals surface area contributed by atoms with Crippen molar-refractivity contribution in [3.63, 3.8) is 0 Å². The third kappa shape index (κ3) is 3.20. The second-order valence-electron chi connectivity index (χ2n) is 4.11. The summed E-state index contributed by atoms with van der Waals surface area (Å²) in [6.45, 7) is 1.81. The molecule has 0 aliphatic rings. The van der Waals surface area contributed by atoms with Crippen molar-refractivity contribution < 1.29 is 9.59 Å². The molecule has 0 atom stereocenters. The van der Waals surface area contributed by atoms with Crippen molar-refractivity contribution in [2.75, 3.05) is 5.32 Å². The molecule has 2 aromatic rings. The SMILES string of the molecule is Cc1cc(Cl)ccc1NC(=O)C(=O)c1ccccc1. The van der Waals surface area contributed by atoms with Gasteiger partial charge in [0, 0.05) is 16.3 Å². The van der Waals surface area contributed by atoms with Crippen LogP contribution in [0.5, 0.6) is 0 Å². The van der Waals surface area contributed by atoms with Gasteiger partial charge in [-0.15, -0.1) is 0 Å². The molecule has 0 saturated heterocycles. The van der Waals surface area contributed by atoms with Gasteiger partial charge in [0.15, 0.2) is 0 Å². The molecule has 19 heavy (non-hydrogen) atoms. The fourth-order valence-electron chi connectivity index (χ4n) is 1.67. The quantitative estimate of drug-likeness (QED) is 0.687. The maximum Gasteiger partial charge on any atom is 0.296 e. The van der Waals surface area contributed by atoms with Crippen molar-refractivity contribution in [2.45, 2.75) is 6.92 Å². The maximum atomic E-state index is 11.9. The first-order valence-electron chi connectivity index (χ1n) is 5.75. The van der Waals surface area contributed by atoms with Gasteiger partial charge in [0.25, 0.3) is 11.7 Å². The van der Waals surface area contributed by atoms with E-state index in [1.165, 1.54) is 0 Å². The van der Waals surface area contributed by atoms with E-state index >= 15 is 0 Å². The first-order valence-corrected chi connectivity index (χ1v) is 6.12. The lowest BCUT2D eigenvalue weighted by Crippen LogP contribution is -2.23. The number of aryl methyl sites for hydroxylation is 1. The fourth-order valence-corrected chi connectivity index (χ4v) is 1.89. The van der Waals surface area contributed by atoms with E-state index in [0.717, 1.165) is 5.56 Å². The Kier molecular flexibility index (Phi) is 3.97. The molecule has 0 bridgehead atoms. The van der Waals surface area contributed by atoms with E-state index in [2.05, 4.69) is 5.32 Å². The molecule has 0 aliphatic heterocycles. The Labute approximate surface area is 116 Å². The maximum absolute atomic E-state index is 11.9. The van der Waals surface area contributed by atoms with E-state index in [0.29, 0.717) is 16.3 Å². The predicted molar refractivity (Wildman–Crippen MR) is 75.6 cm³/mol. The number of benzene rings is 2. The molecule has 0 fully saturated rings. The number of halogens is 1. The molecule has 4 heteroatoms. The van der Waals surface area contributed by atoms with Crippen molar-refractivity contribution in [3.8, 4) is 0 Å². The molecule has 2 rings (SSSR count). The minimum atomic E-state index is -0.656. The summed E-state index contributed by atoms with van der Waals surface area (Å²) < 4.78 is 0. The Morgan fingerprint density at radius 2 is 1.74 bits per heavy atom. The van der Waals surface area contributed by atoms with Gasteiger partial charge in [-0.05, 0) is 30.7 Å². The van der Waals surface area contributed by atoms with Crippen LogP contribution in [0, 0.1) is 6.92 Å². The number of Topliss-reactive ketones (excluding diaryl/α,β-unsaturated/α-hetero) is 1. The fraction of sp³-hybridized carbons (Fsp3) is 0.0667. The number of hydrogen-bond acceptors (Lipinski definition) is 2. The van der Waals surface area contributed by atoms with E-state index < -0.39 is 11.7 Å². The lowest BCUT2D eigenvalue weighted by Gasteiger charge is -2.08. The van der Waals surface area contributed by atoms with Gasteiger partial charge >= 0.3 is 0 Å². The second-order valence-corrected chi connectivity index (χ2v) is 4.54. The highest BCUT2D eigenvalue weighted by atomic mass is 35.5. The summed E-state index contributed by atoms with van der Waals surface area (Å²) >= 11 is 5.83. The highest BCUT2D eigenvalue weighted by Gasteiger charge is 2.16. The van der Waals surface area contributed by atoms with Gasteiger partial charge in [-0.3, -0.25) is 9.59 Å². The zero-order chi connectivity index (χ0) is 13.8. The van der Waals surface area contributed by atoms with E-state index in [4.69, 9.17) is 11.6 Å². The van der Waals surface area contributed by atoms with Gasteiger partial charge in [0.1, 0.15) is 0 Å². The number of nitrogens with one attached hydrogen (secondary N) is 1. The van der Waals surface area contributed by atoms with Crippen LogP contribution in [0.15, 0.2) is 48.5 Å². The van der Waals surface area contributed by atoms with Crippen LogP contribution in [0.1, 0.15) is 15.9 Å². The molecular formula is C15H12ClNO2. The molecule has 0 aliphatic carbocycles. The summed E-state index contributed by atoms with van der Waals surface area (Å²) in [7, 11) is 0. The molecule has 2 aromatic carbocycles. The van der Waals surface area contributed by atoms with Gasteiger partial charge in [-0.25, -0.2) is 0 Å². The second kappa shape index (κ2) is 5.67. The van der Waals surface area contributed by atoms with Gasteiger partial charge in [0.05, 0.1) is 0 Å². The Bertz CT molecular complexity index is 623. The number of hydrogen-bond donors (Lipinski definition) is 1. The average molecular weight is 274 g/mol. The molecule has 0 radical (unpaired) electrons. The molecule has 3 nitrogen and oxygen atoms in total. The first-order chi connectivity index (χ1) is 9.08. The number of ketones is 1. The molecule has 0 spiro atoms. The van der Waals surface area contributed by atoms with Crippen molar-refractivity contribution in [1.82, 2.24) is 0 Å². The lowest BCUT2D eigenvalue weighted by molar-refractivity contribution is -0.112. The molecule has 0 heterocycles. The van der Waals surface area contributed by atoms with Crippen LogP contribution in [0.25, 0.3) is 0 Å². The van der Waals surface area contributed by atoms with Gasteiger partial charge in [0.2, 0.25) is 0 Å². The molecule has 0 saturated carbocycles. The number of anilines is 1. The predicted octanol–water partition coefficient (Wildman–Crippen LogP) is 3.47. The standard InChI is InChI=1S/C15H12ClNO2/c1-10-9-12(16)7-8-13(10)17-15(19)14(18)11-5-3-2-4-6-11/h2-9H,1H3,(H,17,19). The zero-order valence-electron chi connectivity index (χ0n) is 10.3. The summed E-state index contributed by atoms with van der Waals surface area (Å²) in [5.41, 5.74) is 1.76. The van der Waals surface area contributed by atoms with Gasteiger partial charge in [-0.2, -0.15) is 0 Å². The summed E-state index contributed by atoms with van der Waals surface area (Å²) in [6, 6.07) is 13.5. The number of amides is 1. The largest absolute Gasteiger partial charge is 0.319 e. The monoisotopic (exact) mass is 273 g/mol. The summed E-state index contributed by atoms with van der Waals surface area (Å²) in [4.78, 5) is 23.7. The Morgan fingerprint density at radius 1 is 1.05 bits per heavy atom. The van der Waals surface area contributed by atoms with Crippen LogP contribution in [0.3, 0.4) is 0 Å². The smallest absolute Gasteiger partial charge is 0.296 e. The molecule has 96 valence electrons. The summed E-state index contributed by atoms with van der Waals surface area (Å²) in [5, 5.41) is 3.18. The Morgan fingerprint density at radius 3 is 2.37 bits per heavy atom. The molecule has 0 aromatic heterocycles. The Hall–Kier alpha value is -2.13. The topological polar surface area (TPSA) is 46.2 Å². The van der Waals surface area contributed by atoms with Crippen LogP contribution in [-0.4, -0.2) is 11.7 Å². The summed E-state index contributed by atoms with van der Waals surface area (Å²) in [5.74, 6) is -1.22.